The van der Waals surface area contributed by atoms with Gasteiger partial charge < -0.3 is 9.67 Å². The first-order valence-corrected chi connectivity index (χ1v) is 7.88. The fraction of sp³-hybridized carbons (Fsp3) is 0.150. The molecule has 0 bridgehead atoms. The monoisotopic (exact) mass is 302 g/mol. The van der Waals surface area contributed by atoms with Crippen molar-refractivity contribution in [2.45, 2.75) is 13.0 Å². The zero-order valence-corrected chi connectivity index (χ0v) is 12.8. The summed E-state index contributed by atoms with van der Waals surface area (Å²) in [5.41, 5.74) is 3.37. The minimum Gasteiger partial charge on any atom is -0.396 e. The number of nitrogens with zero attached hydrogens (tertiary/aromatic N) is 2. The number of aliphatic hydroxyl groups is 1. The molecule has 114 valence electrons. The Morgan fingerprint density at radius 2 is 1.65 bits per heavy atom. The fourth-order valence-corrected chi connectivity index (χ4v) is 3.19. The maximum Gasteiger partial charge on any atom is 0.112 e. The molecule has 0 aliphatic carbocycles. The van der Waals surface area contributed by atoms with E-state index in [1.807, 2.05) is 18.2 Å². The van der Waals surface area contributed by atoms with E-state index >= 15 is 0 Å². The lowest BCUT2D eigenvalue weighted by Crippen LogP contribution is -2.07. The van der Waals surface area contributed by atoms with E-state index in [2.05, 4.69) is 58.1 Å². The van der Waals surface area contributed by atoms with Gasteiger partial charge in [0.1, 0.15) is 5.82 Å². The molecule has 0 fully saturated rings. The largest absolute Gasteiger partial charge is 0.396 e. The summed E-state index contributed by atoms with van der Waals surface area (Å²) in [6.07, 6.45) is 0.569. The van der Waals surface area contributed by atoms with Gasteiger partial charge >= 0.3 is 0 Å². The lowest BCUT2D eigenvalue weighted by molar-refractivity contribution is 0.295. The molecule has 0 aliphatic rings. The number of hydrogen-bond donors (Lipinski definition) is 1. The lowest BCUT2D eigenvalue weighted by Gasteiger charge is -2.11. The molecule has 0 amide bonds. The first-order chi connectivity index (χ1) is 11.4. The predicted molar refractivity (Wildman–Crippen MR) is 93.6 cm³/mol. The summed E-state index contributed by atoms with van der Waals surface area (Å²) < 4.78 is 2.22. The number of fused-ring (bicyclic) bond motifs is 2. The molecule has 0 saturated carbocycles. The summed E-state index contributed by atoms with van der Waals surface area (Å²) in [5.74, 6) is 0.932. The van der Waals surface area contributed by atoms with Gasteiger partial charge in [0.05, 0.1) is 17.6 Å². The van der Waals surface area contributed by atoms with Crippen LogP contribution < -0.4 is 0 Å². The molecule has 3 heteroatoms. The Kier molecular flexibility index (Phi) is 3.56. The van der Waals surface area contributed by atoms with Crippen molar-refractivity contribution in [3.05, 3.63) is 78.1 Å². The molecular weight excluding hydrogens is 284 g/mol. The molecule has 1 heterocycles. The van der Waals surface area contributed by atoms with Crippen LogP contribution in [-0.4, -0.2) is 21.3 Å². The molecular formula is C20H18N2O. The van der Waals surface area contributed by atoms with Crippen LogP contribution in [0.3, 0.4) is 0 Å². The van der Waals surface area contributed by atoms with Gasteiger partial charge in [-0.2, -0.15) is 0 Å². The Bertz CT molecular complexity index is 966. The molecule has 1 N–H and O–H groups in total. The van der Waals surface area contributed by atoms with Crippen LogP contribution in [0.5, 0.6) is 0 Å². The third-order valence-corrected chi connectivity index (χ3v) is 4.28. The topological polar surface area (TPSA) is 38.1 Å². The minimum atomic E-state index is 0.110. The summed E-state index contributed by atoms with van der Waals surface area (Å²) in [4.78, 5) is 4.68. The van der Waals surface area contributed by atoms with E-state index in [1.54, 1.807) is 0 Å². The molecule has 23 heavy (non-hydrogen) atoms. The number of hydrogen-bond acceptors (Lipinski definition) is 2. The van der Waals surface area contributed by atoms with Gasteiger partial charge in [-0.3, -0.25) is 0 Å². The lowest BCUT2D eigenvalue weighted by atomic mass is 10.0. The van der Waals surface area contributed by atoms with E-state index in [9.17, 15) is 5.11 Å². The van der Waals surface area contributed by atoms with Crippen molar-refractivity contribution in [2.75, 3.05) is 6.61 Å². The Morgan fingerprint density at radius 1 is 0.870 bits per heavy atom. The molecule has 3 nitrogen and oxygen atoms in total. The van der Waals surface area contributed by atoms with Gasteiger partial charge in [0.15, 0.2) is 0 Å². The molecule has 4 aromatic rings. The van der Waals surface area contributed by atoms with Gasteiger partial charge in [-0.1, -0.05) is 54.6 Å². The fourth-order valence-electron chi connectivity index (χ4n) is 3.19. The smallest absolute Gasteiger partial charge is 0.112 e. The van der Waals surface area contributed by atoms with Crippen LogP contribution in [-0.2, 0) is 13.0 Å². The second kappa shape index (κ2) is 5.86. The summed E-state index contributed by atoms with van der Waals surface area (Å²) in [6.45, 7) is 0.871. The van der Waals surface area contributed by atoms with Crippen molar-refractivity contribution in [3.8, 4) is 0 Å². The average molecular weight is 302 g/mol. The van der Waals surface area contributed by atoms with Gasteiger partial charge in [-0.05, 0) is 28.5 Å². The van der Waals surface area contributed by atoms with Crippen LogP contribution in [0.2, 0.25) is 0 Å². The van der Waals surface area contributed by atoms with Crippen molar-refractivity contribution < 1.29 is 5.11 Å². The van der Waals surface area contributed by atoms with Crippen molar-refractivity contribution in [1.82, 2.24) is 9.55 Å². The Balaban J connectivity index is 1.87. The Morgan fingerprint density at radius 3 is 2.57 bits per heavy atom. The summed E-state index contributed by atoms with van der Waals surface area (Å²) in [5, 5.41) is 11.9. The SMILES string of the molecule is OCCc1nc2ccccc2n1Cc1cccc2ccccc12. The van der Waals surface area contributed by atoms with Gasteiger partial charge in [0.2, 0.25) is 0 Å². The Labute approximate surface area is 134 Å². The summed E-state index contributed by atoms with van der Waals surface area (Å²) in [7, 11) is 0. The zero-order chi connectivity index (χ0) is 15.6. The molecule has 0 radical (unpaired) electrons. The molecule has 0 aliphatic heterocycles. The highest BCUT2D eigenvalue weighted by Crippen LogP contribution is 2.23. The molecule has 0 spiro atoms. The maximum atomic E-state index is 9.35. The van der Waals surface area contributed by atoms with E-state index < -0.39 is 0 Å². The number of imidazole rings is 1. The number of rotatable bonds is 4. The van der Waals surface area contributed by atoms with E-state index in [1.165, 1.54) is 16.3 Å². The van der Waals surface area contributed by atoms with Gasteiger partial charge in [-0.15, -0.1) is 0 Å². The van der Waals surface area contributed by atoms with Crippen LogP contribution in [0.1, 0.15) is 11.4 Å². The highest BCUT2D eigenvalue weighted by atomic mass is 16.3. The first kappa shape index (κ1) is 14.0. The van der Waals surface area contributed by atoms with Crippen molar-refractivity contribution in [1.29, 1.82) is 0 Å². The predicted octanol–water partition coefficient (Wildman–Crippen LogP) is 3.77. The molecule has 0 unspecified atom stereocenters. The number of benzene rings is 3. The quantitative estimate of drug-likeness (QED) is 0.623. The Hall–Kier alpha value is -2.65. The van der Waals surface area contributed by atoms with E-state index in [4.69, 9.17) is 0 Å². The van der Waals surface area contributed by atoms with Gasteiger partial charge in [0, 0.05) is 13.0 Å². The summed E-state index contributed by atoms with van der Waals surface area (Å²) in [6, 6.07) is 23.0. The average Bonchev–Trinajstić information content (AvgIpc) is 2.93. The van der Waals surface area contributed by atoms with Crippen LogP contribution in [0.25, 0.3) is 21.8 Å². The standard InChI is InChI=1S/C20H18N2O/c23-13-12-20-21-18-10-3-4-11-19(18)22(20)14-16-8-5-7-15-6-1-2-9-17(15)16/h1-11,23H,12-14H2. The number of aliphatic hydroxyl groups excluding tert-OH is 1. The highest BCUT2D eigenvalue weighted by molar-refractivity contribution is 5.86. The zero-order valence-electron chi connectivity index (χ0n) is 12.8. The summed E-state index contributed by atoms with van der Waals surface area (Å²) >= 11 is 0. The van der Waals surface area contributed by atoms with E-state index in [-0.39, 0.29) is 6.61 Å². The number of para-hydroxylation sites is 2. The van der Waals surface area contributed by atoms with Gasteiger partial charge in [-0.25, -0.2) is 4.98 Å². The first-order valence-electron chi connectivity index (χ1n) is 7.88. The third-order valence-electron chi connectivity index (χ3n) is 4.28. The van der Waals surface area contributed by atoms with E-state index in [0.29, 0.717) is 6.42 Å². The molecule has 0 saturated heterocycles. The van der Waals surface area contributed by atoms with Crippen LogP contribution in [0.15, 0.2) is 66.7 Å². The molecule has 1 aromatic heterocycles. The van der Waals surface area contributed by atoms with Crippen LogP contribution in [0.4, 0.5) is 0 Å². The van der Waals surface area contributed by atoms with E-state index in [0.717, 1.165) is 23.4 Å². The molecule has 4 rings (SSSR count). The van der Waals surface area contributed by atoms with Crippen molar-refractivity contribution in [3.63, 3.8) is 0 Å². The van der Waals surface area contributed by atoms with Gasteiger partial charge in [0.25, 0.3) is 0 Å². The minimum absolute atomic E-state index is 0.110. The second-order valence-electron chi connectivity index (χ2n) is 5.71. The second-order valence-corrected chi connectivity index (χ2v) is 5.71. The van der Waals surface area contributed by atoms with Crippen molar-refractivity contribution in [2.24, 2.45) is 0 Å². The maximum absolute atomic E-state index is 9.35. The normalized spacial score (nSPS) is 11.3. The number of aromatic nitrogens is 2. The highest BCUT2D eigenvalue weighted by Gasteiger charge is 2.11. The van der Waals surface area contributed by atoms with Crippen LogP contribution in [0, 0.1) is 0 Å². The molecule has 3 aromatic carbocycles. The van der Waals surface area contributed by atoms with Crippen LogP contribution >= 0.6 is 0 Å². The van der Waals surface area contributed by atoms with Crippen molar-refractivity contribution >= 4 is 21.8 Å². The third kappa shape index (κ3) is 2.49. The molecule has 0 atom stereocenters.